The maximum atomic E-state index is 12.0. The van der Waals surface area contributed by atoms with Crippen molar-refractivity contribution in [2.45, 2.75) is 13.5 Å². The predicted octanol–water partition coefficient (Wildman–Crippen LogP) is 0.366. The Hall–Kier alpha value is -1.38. The van der Waals surface area contributed by atoms with Crippen molar-refractivity contribution in [3.05, 3.63) is 23.7 Å². The fraction of sp³-hybridized carbons (Fsp3) is 0.583. The molecule has 20 heavy (non-hydrogen) atoms. The second kappa shape index (κ2) is 6.87. The van der Waals surface area contributed by atoms with Crippen LogP contribution in [0.15, 0.2) is 16.5 Å². The number of carboxylic acid groups (broad SMARTS) is 1. The second-order valence-electron chi connectivity index (χ2n) is 4.80. The number of nitrogens with zero attached hydrogens (tertiary/aromatic N) is 2. The Balaban J connectivity index is 2.86. The quantitative estimate of drug-likeness (QED) is 0.746. The van der Waals surface area contributed by atoms with E-state index in [9.17, 15) is 13.2 Å². The van der Waals surface area contributed by atoms with E-state index in [0.29, 0.717) is 18.1 Å². The number of rotatable bonds is 8. The SMILES string of the molecule is Cc1ccc(CN(CCN(C)C)S(=O)(=O)CC(=O)O)o1. The zero-order valence-corrected chi connectivity index (χ0v) is 12.7. The van der Waals surface area contributed by atoms with E-state index < -0.39 is 21.7 Å². The summed E-state index contributed by atoms with van der Waals surface area (Å²) in [5.41, 5.74) is 0. The summed E-state index contributed by atoms with van der Waals surface area (Å²) >= 11 is 0. The maximum absolute atomic E-state index is 12.0. The fourth-order valence-electron chi connectivity index (χ4n) is 1.62. The van der Waals surface area contributed by atoms with E-state index >= 15 is 0 Å². The Morgan fingerprint density at radius 2 is 1.95 bits per heavy atom. The second-order valence-corrected chi connectivity index (χ2v) is 6.77. The van der Waals surface area contributed by atoms with Crippen molar-refractivity contribution in [1.82, 2.24) is 9.21 Å². The number of carbonyl (C=O) groups is 1. The Labute approximate surface area is 118 Å². The zero-order valence-electron chi connectivity index (χ0n) is 11.9. The standard InChI is InChI=1S/C12H20N2O5S/c1-10-4-5-11(19-10)8-14(7-6-13(2)3)20(17,18)9-12(15)16/h4-5H,6-9H2,1-3H3,(H,15,16). The molecule has 0 saturated heterocycles. The Morgan fingerprint density at radius 3 is 2.40 bits per heavy atom. The van der Waals surface area contributed by atoms with E-state index in [-0.39, 0.29) is 13.1 Å². The van der Waals surface area contributed by atoms with Gasteiger partial charge in [0.05, 0.1) is 6.54 Å². The summed E-state index contributed by atoms with van der Waals surface area (Å²) in [6.07, 6.45) is 0. The van der Waals surface area contributed by atoms with Gasteiger partial charge in [-0.3, -0.25) is 4.79 Å². The lowest BCUT2D eigenvalue weighted by Crippen LogP contribution is -2.39. The molecular formula is C12H20N2O5S. The summed E-state index contributed by atoms with van der Waals surface area (Å²) in [4.78, 5) is 12.5. The molecule has 1 aromatic rings. The van der Waals surface area contributed by atoms with Gasteiger partial charge in [-0.1, -0.05) is 0 Å². The van der Waals surface area contributed by atoms with Gasteiger partial charge in [0.15, 0.2) is 5.75 Å². The number of hydrogen-bond acceptors (Lipinski definition) is 5. The first-order chi connectivity index (χ1) is 9.20. The average molecular weight is 304 g/mol. The van der Waals surface area contributed by atoms with Gasteiger partial charge < -0.3 is 14.4 Å². The van der Waals surface area contributed by atoms with Crippen molar-refractivity contribution in [3.63, 3.8) is 0 Å². The molecule has 7 nitrogen and oxygen atoms in total. The van der Waals surface area contributed by atoms with Crippen molar-refractivity contribution in [2.24, 2.45) is 0 Å². The molecule has 0 bridgehead atoms. The first-order valence-electron chi connectivity index (χ1n) is 6.10. The Kier molecular flexibility index (Phi) is 5.73. The predicted molar refractivity (Wildman–Crippen MR) is 73.8 cm³/mol. The van der Waals surface area contributed by atoms with Gasteiger partial charge in [-0.05, 0) is 33.2 Å². The van der Waals surface area contributed by atoms with Gasteiger partial charge in [0.25, 0.3) is 0 Å². The van der Waals surface area contributed by atoms with Crippen molar-refractivity contribution < 1.29 is 22.7 Å². The minimum atomic E-state index is -3.86. The van der Waals surface area contributed by atoms with E-state index in [2.05, 4.69) is 0 Å². The van der Waals surface area contributed by atoms with Crippen LogP contribution in [0, 0.1) is 6.92 Å². The van der Waals surface area contributed by atoms with E-state index in [1.165, 1.54) is 0 Å². The monoisotopic (exact) mass is 304 g/mol. The summed E-state index contributed by atoms with van der Waals surface area (Å²) in [6, 6.07) is 3.43. The third-order valence-corrected chi connectivity index (χ3v) is 4.33. The molecule has 1 rings (SSSR count). The minimum absolute atomic E-state index is 0.0390. The number of furan rings is 1. The van der Waals surface area contributed by atoms with E-state index in [0.717, 1.165) is 4.31 Å². The Morgan fingerprint density at radius 1 is 1.30 bits per heavy atom. The van der Waals surface area contributed by atoms with Crippen LogP contribution in [-0.4, -0.2) is 61.6 Å². The molecule has 0 spiro atoms. The molecule has 1 N–H and O–H groups in total. The largest absolute Gasteiger partial charge is 0.480 e. The third-order valence-electron chi connectivity index (χ3n) is 2.62. The highest BCUT2D eigenvalue weighted by Gasteiger charge is 2.26. The molecule has 0 aromatic carbocycles. The van der Waals surface area contributed by atoms with Gasteiger partial charge in [0.1, 0.15) is 11.5 Å². The third kappa shape index (κ3) is 5.32. The van der Waals surface area contributed by atoms with Gasteiger partial charge in [-0.25, -0.2) is 8.42 Å². The molecule has 0 aliphatic heterocycles. The van der Waals surface area contributed by atoms with Crippen LogP contribution in [0.5, 0.6) is 0 Å². The molecule has 0 aliphatic carbocycles. The maximum Gasteiger partial charge on any atom is 0.320 e. The number of likely N-dealkylation sites (N-methyl/N-ethyl adjacent to an activating group) is 1. The van der Waals surface area contributed by atoms with Crippen LogP contribution in [-0.2, 0) is 21.4 Å². The smallest absolute Gasteiger partial charge is 0.320 e. The van der Waals surface area contributed by atoms with Crippen LogP contribution in [0.1, 0.15) is 11.5 Å². The zero-order chi connectivity index (χ0) is 15.3. The van der Waals surface area contributed by atoms with Crippen molar-refractivity contribution in [1.29, 1.82) is 0 Å². The van der Waals surface area contributed by atoms with Crippen LogP contribution in [0.3, 0.4) is 0 Å². The first-order valence-corrected chi connectivity index (χ1v) is 7.71. The van der Waals surface area contributed by atoms with Gasteiger partial charge in [-0.2, -0.15) is 4.31 Å². The number of hydrogen-bond donors (Lipinski definition) is 1. The summed E-state index contributed by atoms with van der Waals surface area (Å²) in [6.45, 7) is 2.51. The van der Waals surface area contributed by atoms with Crippen molar-refractivity contribution in [3.8, 4) is 0 Å². The van der Waals surface area contributed by atoms with Crippen molar-refractivity contribution in [2.75, 3.05) is 32.9 Å². The molecule has 0 fully saturated rings. The highest BCUT2D eigenvalue weighted by molar-refractivity contribution is 7.89. The van der Waals surface area contributed by atoms with Gasteiger partial charge >= 0.3 is 5.97 Å². The molecule has 0 aliphatic rings. The summed E-state index contributed by atoms with van der Waals surface area (Å²) in [5.74, 6) is -1.10. The molecule has 8 heteroatoms. The highest BCUT2D eigenvalue weighted by Crippen LogP contribution is 2.13. The lowest BCUT2D eigenvalue weighted by atomic mass is 10.4. The molecule has 0 saturated carbocycles. The van der Waals surface area contributed by atoms with Crippen LogP contribution >= 0.6 is 0 Å². The highest BCUT2D eigenvalue weighted by atomic mass is 32.2. The van der Waals surface area contributed by atoms with Crippen LogP contribution in [0.4, 0.5) is 0 Å². The average Bonchev–Trinajstić information content (AvgIpc) is 2.67. The molecule has 1 heterocycles. The normalized spacial score (nSPS) is 12.2. The fourth-order valence-corrected chi connectivity index (χ4v) is 2.80. The van der Waals surface area contributed by atoms with Crippen molar-refractivity contribution >= 4 is 16.0 Å². The van der Waals surface area contributed by atoms with Gasteiger partial charge in [0, 0.05) is 13.1 Å². The molecule has 0 unspecified atom stereocenters. The van der Waals surface area contributed by atoms with Crippen LogP contribution in [0.2, 0.25) is 0 Å². The number of aryl methyl sites for hydroxylation is 1. The lowest BCUT2D eigenvalue weighted by Gasteiger charge is -2.22. The molecule has 0 atom stereocenters. The lowest BCUT2D eigenvalue weighted by molar-refractivity contribution is -0.134. The summed E-state index contributed by atoms with van der Waals surface area (Å²) in [5, 5.41) is 8.71. The first kappa shape index (κ1) is 16.7. The number of carboxylic acids is 1. The molecule has 1 aromatic heterocycles. The van der Waals surface area contributed by atoms with Crippen LogP contribution in [0.25, 0.3) is 0 Å². The van der Waals surface area contributed by atoms with Gasteiger partial charge in [0.2, 0.25) is 10.0 Å². The number of aliphatic carboxylic acids is 1. The summed E-state index contributed by atoms with van der Waals surface area (Å²) in [7, 11) is -0.222. The van der Waals surface area contributed by atoms with Gasteiger partial charge in [-0.15, -0.1) is 0 Å². The molecule has 114 valence electrons. The van der Waals surface area contributed by atoms with E-state index in [4.69, 9.17) is 9.52 Å². The number of sulfonamides is 1. The summed E-state index contributed by atoms with van der Waals surface area (Å²) < 4.78 is 30.6. The molecular weight excluding hydrogens is 284 g/mol. The van der Waals surface area contributed by atoms with E-state index in [1.807, 2.05) is 19.0 Å². The Bertz CT molecular complexity index is 550. The minimum Gasteiger partial charge on any atom is -0.480 e. The molecule has 0 radical (unpaired) electrons. The van der Waals surface area contributed by atoms with E-state index in [1.54, 1.807) is 19.1 Å². The topological polar surface area (TPSA) is 91.1 Å². The molecule has 0 amide bonds. The van der Waals surface area contributed by atoms with Crippen LogP contribution < -0.4 is 0 Å².